The Balaban J connectivity index is 1.80. The smallest absolute Gasteiger partial charge is 0.410 e. The van der Waals surface area contributed by atoms with Crippen LogP contribution in [0.3, 0.4) is 0 Å². The first-order valence-electron chi connectivity index (χ1n) is 13.4. The van der Waals surface area contributed by atoms with Gasteiger partial charge in [-0.05, 0) is 38.5 Å². The summed E-state index contributed by atoms with van der Waals surface area (Å²) in [6.45, 7) is 6.11. The summed E-state index contributed by atoms with van der Waals surface area (Å²) in [5.41, 5.74) is 6.61. The highest BCUT2D eigenvalue weighted by Crippen LogP contribution is 2.45. The van der Waals surface area contributed by atoms with Crippen molar-refractivity contribution >= 4 is 23.7 Å². The number of rotatable bonds is 6. The van der Waals surface area contributed by atoms with Crippen LogP contribution in [0.15, 0.2) is 77.3 Å². The molecule has 1 fully saturated rings. The first-order valence-corrected chi connectivity index (χ1v) is 13.4. The van der Waals surface area contributed by atoms with E-state index in [9.17, 15) is 19.6 Å². The van der Waals surface area contributed by atoms with Gasteiger partial charge in [-0.1, -0.05) is 42.5 Å². The Morgan fingerprint density at radius 3 is 2.24 bits per heavy atom. The largest absolute Gasteiger partial charge is 0.486 e. The van der Waals surface area contributed by atoms with Crippen LogP contribution in [-0.4, -0.2) is 61.9 Å². The van der Waals surface area contributed by atoms with Crippen LogP contribution in [0.1, 0.15) is 38.7 Å². The van der Waals surface area contributed by atoms with E-state index in [1.165, 1.54) is 19.1 Å². The number of hydrogen-bond donors (Lipinski definition) is 1. The molecule has 0 radical (unpaired) electrons. The van der Waals surface area contributed by atoms with Crippen molar-refractivity contribution in [1.29, 1.82) is 5.26 Å². The molecule has 2 aliphatic rings. The molecule has 4 rings (SSSR count). The van der Waals surface area contributed by atoms with Crippen molar-refractivity contribution in [2.24, 2.45) is 5.73 Å². The lowest BCUT2D eigenvalue weighted by Crippen LogP contribution is -2.41. The predicted octanol–water partition coefficient (Wildman–Crippen LogP) is 3.97. The van der Waals surface area contributed by atoms with Crippen LogP contribution in [0.2, 0.25) is 0 Å². The summed E-state index contributed by atoms with van der Waals surface area (Å²) in [5, 5.41) is 10.3. The van der Waals surface area contributed by atoms with E-state index in [2.05, 4.69) is 6.07 Å². The Bertz CT molecular complexity index is 1470. The average molecular weight is 575 g/mol. The predicted molar refractivity (Wildman–Crippen MR) is 153 cm³/mol. The van der Waals surface area contributed by atoms with Gasteiger partial charge in [-0.3, -0.25) is 4.90 Å². The number of nitrogens with two attached hydrogens (primary N) is 1. The van der Waals surface area contributed by atoms with Crippen molar-refractivity contribution in [3.8, 4) is 11.8 Å². The van der Waals surface area contributed by atoms with Crippen molar-refractivity contribution < 1.29 is 33.3 Å². The van der Waals surface area contributed by atoms with Crippen LogP contribution in [0.4, 0.5) is 10.5 Å². The van der Waals surface area contributed by atoms with Crippen molar-refractivity contribution in [2.75, 3.05) is 32.2 Å². The van der Waals surface area contributed by atoms with Crippen LogP contribution in [0, 0.1) is 11.3 Å². The van der Waals surface area contributed by atoms with Gasteiger partial charge in [0.15, 0.2) is 0 Å². The number of carbonyl (C=O) groups excluding carboxylic acids is 3. The molecule has 2 aromatic carbocycles. The van der Waals surface area contributed by atoms with Gasteiger partial charge in [0.05, 0.1) is 49.6 Å². The van der Waals surface area contributed by atoms with Crippen molar-refractivity contribution in [3.63, 3.8) is 0 Å². The molecular formula is C31H34N4O7. The number of benzene rings is 2. The van der Waals surface area contributed by atoms with Gasteiger partial charge >= 0.3 is 18.0 Å². The number of carbonyl (C=O) groups is 3. The lowest BCUT2D eigenvalue weighted by atomic mass is 9.81. The number of ether oxygens (including phenoxy) is 4. The second-order valence-corrected chi connectivity index (χ2v) is 10.8. The van der Waals surface area contributed by atoms with E-state index in [4.69, 9.17) is 24.7 Å². The van der Waals surface area contributed by atoms with Gasteiger partial charge in [0.1, 0.15) is 29.0 Å². The maximum Gasteiger partial charge on any atom is 0.410 e. The van der Waals surface area contributed by atoms with E-state index in [-0.39, 0.29) is 29.2 Å². The van der Waals surface area contributed by atoms with Crippen LogP contribution in [0.25, 0.3) is 0 Å². The van der Waals surface area contributed by atoms with E-state index < -0.39 is 35.7 Å². The third-order valence-electron chi connectivity index (χ3n) is 6.81. The highest BCUT2D eigenvalue weighted by molar-refractivity contribution is 6.06. The number of methoxy groups -OCH3 is 2. The molecule has 11 heteroatoms. The van der Waals surface area contributed by atoms with E-state index >= 15 is 0 Å². The van der Waals surface area contributed by atoms with Crippen molar-refractivity contribution in [3.05, 3.63) is 82.8 Å². The first kappa shape index (κ1) is 30.0. The molecule has 2 heterocycles. The number of hydrogen-bond acceptors (Lipinski definition) is 10. The topological polar surface area (TPSA) is 144 Å². The van der Waals surface area contributed by atoms with Gasteiger partial charge < -0.3 is 29.6 Å². The molecule has 1 amide bonds. The minimum atomic E-state index is -0.987. The van der Waals surface area contributed by atoms with E-state index in [0.29, 0.717) is 30.0 Å². The third-order valence-corrected chi connectivity index (χ3v) is 6.81. The number of likely N-dealkylation sites (tertiary alicyclic amines) is 1. The molecule has 0 aliphatic carbocycles. The van der Waals surface area contributed by atoms with Gasteiger partial charge in [-0.2, -0.15) is 5.26 Å². The second kappa shape index (κ2) is 12.3. The molecule has 2 aliphatic heterocycles. The zero-order valence-electron chi connectivity index (χ0n) is 24.2. The number of allylic oxidation sites excluding steroid dienone is 1. The fourth-order valence-electron chi connectivity index (χ4n) is 5.00. The van der Waals surface area contributed by atoms with Crippen LogP contribution in [0.5, 0.6) is 5.75 Å². The molecule has 2 atom stereocenters. The zero-order valence-corrected chi connectivity index (χ0v) is 24.2. The van der Waals surface area contributed by atoms with Crippen molar-refractivity contribution in [1.82, 2.24) is 4.90 Å². The van der Waals surface area contributed by atoms with Crippen LogP contribution in [-0.2, 0) is 23.8 Å². The number of amides is 1. The number of para-hydroxylation sites is 2. The Labute approximate surface area is 244 Å². The maximum absolute atomic E-state index is 13.4. The second-order valence-electron chi connectivity index (χ2n) is 10.8. The summed E-state index contributed by atoms with van der Waals surface area (Å²) in [5.74, 6) is -2.42. The minimum Gasteiger partial charge on any atom is -0.486 e. The minimum absolute atomic E-state index is 0.0426. The molecule has 2 aromatic rings. The fourth-order valence-corrected chi connectivity index (χ4v) is 5.00. The molecule has 11 nitrogen and oxygen atoms in total. The summed E-state index contributed by atoms with van der Waals surface area (Å²) in [6, 6.07) is 17.7. The first-order chi connectivity index (χ1) is 20.0. The molecular weight excluding hydrogens is 540 g/mol. The Hall–Kier alpha value is -4.98. The lowest BCUT2D eigenvalue weighted by Gasteiger charge is -2.36. The van der Waals surface area contributed by atoms with Crippen molar-refractivity contribution in [2.45, 2.75) is 44.8 Å². The van der Waals surface area contributed by atoms with Gasteiger partial charge in [0.2, 0.25) is 0 Å². The number of esters is 2. The Morgan fingerprint density at radius 2 is 1.62 bits per heavy atom. The highest BCUT2D eigenvalue weighted by Gasteiger charge is 2.44. The molecule has 1 saturated heterocycles. The fraction of sp³-hybridized carbons (Fsp3) is 0.355. The highest BCUT2D eigenvalue weighted by atomic mass is 16.6. The maximum atomic E-state index is 13.4. The summed E-state index contributed by atoms with van der Waals surface area (Å²) in [6.07, 6.45) is -0.299. The summed E-state index contributed by atoms with van der Waals surface area (Å²) in [7, 11) is 2.38. The normalized spacial score (nSPS) is 18.9. The third kappa shape index (κ3) is 6.02. The molecule has 0 spiro atoms. The summed E-state index contributed by atoms with van der Waals surface area (Å²) in [4.78, 5) is 42.2. The van der Waals surface area contributed by atoms with E-state index in [0.717, 1.165) is 0 Å². The number of anilines is 1. The monoisotopic (exact) mass is 574 g/mol. The van der Waals surface area contributed by atoms with E-state index in [1.54, 1.807) is 80.3 Å². The Morgan fingerprint density at radius 1 is 0.976 bits per heavy atom. The summed E-state index contributed by atoms with van der Waals surface area (Å²) < 4.78 is 22.0. The SMILES string of the molecule is COC(=O)C1=C(C(=O)OC)N(c2ccccc2OC2CCN(C(=O)OC(C)(C)C)C2)C(N)=C(C#N)C1c1ccccc1. The van der Waals surface area contributed by atoms with Gasteiger partial charge in [-0.15, -0.1) is 0 Å². The number of nitrogens with zero attached hydrogens (tertiary/aromatic N) is 3. The number of nitriles is 1. The molecule has 2 unspecified atom stereocenters. The zero-order chi connectivity index (χ0) is 30.6. The molecule has 220 valence electrons. The molecule has 0 aromatic heterocycles. The van der Waals surface area contributed by atoms with Gasteiger partial charge in [0.25, 0.3) is 0 Å². The average Bonchev–Trinajstić information content (AvgIpc) is 3.44. The molecule has 0 saturated carbocycles. The van der Waals surface area contributed by atoms with Gasteiger partial charge in [0, 0.05) is 13.0 Å². The molecule has 42 heavy (non-hydrogen) atoms. The molecule has 2 N–H and O–H groups in total. The van der Waals surface area contributed by atoms with Crippen LogP contribution >= 0.6 is 0 Å². The van der Waals surface area contributed by atoms with Gasteiger partial charge in [-0.25, -0.2) is 14.4 Å². The van der Waals surface area contributed by atoms with Crippen LogP contribution < -0.4 is 15.4 Å². The molecule has 0 bridgehead atoms. The quantitative estimate of drug-likeness (QED) is 0.397. The summed E-state index contributed by atoms with van der Waals surface area (Å²) >= 11 is 0. The lowest BCUT2D eigenvalue weighted by molar-refractivity contribution is -0.139. The van der Waals surface area contributed by atoms with E-state index in [1.807, 2.05) is 0 Å². The Kier molecular flexibility index (Phi) is 8.76. The standard InChI is InChI=1S/C31H34N4O7/c1-31(2,3)42-30(38)34-16-15-20(18-34)41-23-14-10-9-13-22(23)35-26(29(37)40-5)25(28(36)39-4)24(21(17-32)27(35)33)19-11-7-6-8-12-19/h6-14,20,24H,15-16,18,33H2,1-5H3.